The normalized spacial score (nSPS) is 17.7. The highest BCUT2D eigenvalue weighted by Gasteiger charge is 2.23. The summed E-state index contributed by atoms with van der Waals surface area (Å²) in [4.78, 5) is 20.9. The Bertz CT molecular complexity index is 916. The minimum Gasteiger partial charge on any atom is -0.356 e. The van der Waals surface area contributed by atoms with Crippen molar-refractivity contribution < 1.29 is 9.32 Å². The molecule has 0 aliphatic carbocycles. The van der Waals surface area contributed by atoms with E-state index in [1.807, 2.05) is 31.2 Å². The van der Waals surface area contributed by atoms with Crippen LogP contribution in [0.4, 0.5) is 0 Å². The van der Waals surface area contributed by atoms with E-state index in [-0.39, 0.29) is 11.8 Å². The van der Waals surface area contributed by atoms with Crippen LogP contribution in [0.3, 0.4) is 0 Å². The lowest BCUT2D eigenvalue weighted by molar-refractivity contribution is -0.124. The molecule has 1 atom stereocenters. The molecule has 0 radical (unpaired) electrons. The summed E-state index contributed by atoms with van der Waals surface area (Å²) < 4.78 is 5.38. The molecule has 1 amide bonds. The monoisotopic (exact) mass is 352 g/mol. The molecule has 1 unspecified atom stereocenters. The fraction of sp³-hybridized carbons (Fsp3) is 0.389. The quantitative estimate of drug-likeness (QED) is 0.745. The highest BCUT2D eigenvalue weighted by molar-refractivity contribution is 5.79. The highest BCUT2D eigenvalue weighted by Crippen LogP contribution is 2.24. The molecule has 0 saturated carbocycles. The highest BCUT2D eigenvalue weighted by atomic mass is 16.5. The lowest BCUT2D eigenvalue weighted by atomic mass is 9.99. The molecule has 2 N–H and O–H groups in total. The van der Waals surface area contributed by atoms with Gasteiger partial charge >= 0.3 is 0 Å². The SMILES string of the molecule is Cc1nc(-c2cccc(-c3noc(CC4CCCCNC4=O)n3)c2)n[nH]1. The van der Waals surface area contributed by atoms with Crippen LogP contribution in [-0.2, 0) is 11.2 Å². The maximum absolute atomic E-state index is 12.1. The van der Waals surface area contributed by atoms with Crippen molar-refractivity contribution in [2.75, 3.05) is 6.54 Å². The molecule has 134 valence electrons. The second-order valence-corrected chi connectivity index (χ2v) is 6.52. The Balaban J connectivity index is 1.53. The van der Waals surface area contributed by atoms with E-state index < -0.39 is 0 Å². The molecule has 1 aliphatic heterocycles. The summed E-state index contributed by atoms with van der Waals surface area (Å²) in [6.07, 6.45) is 3.37. The molecule has 3 heterocycles. The number of hydrogen-bond donors (Lipinski definition) is 2. The van der Waals surface area contributed by atoms with E-state index in [9.17, 15) is 4.79 Å². The fourth-order valence-corrected chi connectivity index (χ4v) is 3.13. The molecule has 1 fully saturated rings. The molecule has 1 aromatic carbocycles. The summed E-state index contributed by atoms with van der Waals surface area (Å²) in [7, 11) is 0. The number of aryl methyl sites for hydroxylation is 1. The Morgan fingerprint density at radius 2 is 2.04 bits per heavy atom. The van der Waals surface area contributed by atoms with E-state index in [2.05, 4.69) is 30.6 Å². The second kappa shape index (κ2) is 7.07. The van der Waals surface area contributed by atoms with E-state index in [0.29, 0.717) is 24.0 Å². The van der Waals surface area contributed by atoms with Gasteiger partial charge in [-0.25, -0.2) is 4.98 Å². The van der Waals surface area contributed by atoms with Crippen molar-refractivity contribution in [3.8, 4) is 22.8 Å². The Morgan fingerprint density at radius 3 is 2.85 bits per heavy atom. The second-order valence-electron chi connectivity index (χ2n) is 6.52. The first-order valence-electron chi connectivity index (χ1n) is 8.79. The predicted molar refractivity (Wildman–Crippen MR) is 93.9 cm³/mol. The lowest BCUT2D eigenvalue weighted by Gasteiger charge is -2.09. The molecule has 2 aromatic heterocycles. The third-order valence-corrected chi connectivity index (χ3v) is 4.51. The van der Waals surface area contributed by atoms with Crippen LogP contribution in [0.2, 0.25) is 0 Å². The van der Waals surface area contributed by atoms with E-state index in [1.54, 1.807) is 0 Å². The van der Waals surface area contributed by atoms with Gasteiger partial charge in [0, 0.05) is 30.0 Å². The van der Waals surface area contributed by atoms with Crippen molar-refractivity contribution >= 4 is 5.91 Å². The zero-order valence-corrected chi connectivity index (χ0v) is 14.5. The minimum atomic E-state index is -0.103. The average Bonchev–Trinajstić information content (AvgIpc) is 3.24. The average molecular weight is 352 g/mol. The number of amides is 1. The van der Waals surface area contributed by atoms with Gasteiger partial charge in [0.05, 0.1) is 0 Å². The number of nitrogens with zero attached hydrogens (tertiary/aromatic N) is 4. The van der Waals surface area contributed by atoms with Crippen molar-refractivity contribution in [2.45, 2.75) is 32.6 Å². The van der Waals surface area contributed by atoms with Crippen molar-refractivity contribution in [1.82, 2.24) is 30.6 Å². The van der Waals surface area contributed by atoms with Gasteiger partial charge in [-0.05, 0) is 25.8 Å². The van der Waals surface area contributed by atoms with Crippen LogP contribution in [0.1, 0.15) is 31.0 Å². The van der Waals surface area contributed by atoms with Gasteiger partial charge in [0.25, 0.3) is 0 Å². The first-order chi connectivity index (χ1) is 12.7. The molecule has 1 saturated heterocycles. The summed E-state index contributed by atoms with van der Waals surface area (Å²) in [5.74, 6) is 2.35. The molecule has 0 bridgehead atoms. The number of rotatable bonds is 4. The van der Waals surface area contributed by atoms with Crippen LogP contribution >= 0.6 is 0 Å². The topological polar surface area (TPSA) is 110 Å². The molecule has 8 nitrogen and oxygen atoms in total. The van der Waals surface area contributed by atoms with Gasteiger partial charge in [0.1, 0.15) is 5.82 Å². The third-order valence-electron chi connectivity index (χ3n) is 4.51. The van der Waals surface area contributed by atoms with Gasteiger partial charge in [-0.2, -0.15) is 10.1 Å². The summed E-state index contributed by atoms with van der Waals surface area (Å²) in [5, 5.41) is 14.0. The van der Waals surface area contributed by atoms with Crippen LogP contribution in [0.15, 0.2) is 28.8 Å². The number of benzene rings is 1. The molecule has 3 aromatic rings. The summed E-state index contributed by atoms with van der Waals surface area (Å²) >= 11 is 0. The number of hydrogen-bond acceptors (Lipinski definition) is 6. The summed E-state index contributed by atoms with van der Waals surface area (Å²) in [5.41, 5.74) is 1.70. The lowest BCUT2D eigenvalue weighted by Crippen LogP contribution is -2.30. The third kappa shape index (κ3) is 3.49. The zero-order valence-electron chi connectivity index (χ0n) is 14.5. The summed E-state index contributed by atoms with van der Waals surface area (Å²) in [6, 6.07) is 7.68. The first-order valence-corrected chi connectivity index (χ1v) is 8.79. The van der Waals surface area contributed by atoms with Crippen molar-refractivity contribution in [2.24, 2.45) is 5.92 Å². The Labute approximate surface area is 150 Å². The maximum atomic E-state index is 12.1. The fourth-order valence-electron chi connectivity index (χ4n) is 3.13. The van der Waals surface area contributed by atoms with Crippen LogP contribution in [0.5, 0.6) is 0 Å². The van der Waals surface area contributed by atoms with Crippen molar-refractivity contribution in [3.05, 3.63) is 36.0 Å². The summed E-state index contributed by atoms with van der Waals surface area (Å²) in [6.45, 7) is 2.60. The number of aromatic nitrogens is 5. The van der Waals surface area contributed by atoms with Gasteiger partial charge in [0.2, 0.25) is 17.6 Å². The molecule has 4 rings (SSSR count). The Hall–Kier alpha value is -3.03. The largest absolute Gasteiger partial charge is 0.356 e. The van der Waals surface area contributed by atoms with E-state index in [1.165, 1.54) is 0 Å². The number of nitrogens with one attached hydrogen (secondary N) is 2. The number of carbonyl (C=O) groups excluding carboxylic acids is 1. The van der Waals surface area contributed by atoms with Crippen LogP contribution in [-0.4, -0.2) is 37.8 Å². The number of carbonyl (C=O) groups is 1. The Morgan fingerprint density at radius 1 is 1.19 bits per heavy atom. The van der Waals surface area contributed by atoms with Gasteiger partial charge < -0.3 is 9.84 Å². The van der Waals surface area contributed by atoms with Gasteiger partial charge in [-0.3, -0.25) is 9.89 Å². The molecule has 26 heavy (non-hydrogen) atoms. The number of aromatic amines is 1. The van der Waals surface area contributed by atoms with Gasteiger partial charge in [-0.15, -0.1) is 0 Å². The zero-order chi connectivity index (χ0) is 17.9. The van der Waals surface area contributed by atoms with Crippen LogP contribution < -0.4 is 5.32 Å². The van der Waals surface area contributed by atoms with E-state index in [4.69, 9.17) is 4.52 Å². The molecule has 1 aliphatic rings. The van der Waals surface area contributed by atoms with Crippen LogP contribution in [0.25, 0.3) is 22.8 Å². The molecule has 8 heteroatoms. The Kier molecular flexibility index (Phi) is 4.47. The number of H-pyrrole nitrogens is 1. The standard InChI is InChI=1S/C18H20N6O2/c1-11-20-16(23-22-11)12-6-4-7-13(9-12)17-21-15(26-24-17)10-14-5-2-3-8-19-18(14)25/h4,6-7,9,14H,2-3,5,8,10H2,1H3,(H,19,25)(H,20,22,23). The van der Waals surface area contributed by atoms with Crippen molar-refractivity contribution in [3.63, 3.8) is 0 Å². The predicted octanol–water partition coefficient (Wildman–Crippen LogP) is 2.29. The van der Waals surface area contributed by atoms with Gasteiger partial charge in [-0.1, -0.05) is 29.8 Å². The minimum absolute atomic E-state index is 0.0734. The first kappa shape index (κ1) is 16.4. The smallest absolute Gasteiger partial charge is 0.227 e. The maximum Gasteiger partial charge on any atom is 0.227 e. The molecular formula is C18H20N6O2. The van der Waals surface area contributed by atoms with E-state index in [0.717, 1.165) is 42.8 Å². The molecular weight excluding hydrogens is 332 g/mol. The van der Waals surface area contributed by atoms with Crippen LogP contribution in [0, 0.1) is 12.8 Å². The van der Waals surface area contributed by atoms with Gasteiger partial charge in [0.15, 0.2) is 5.82 Å². The van der Waals surface area contributed by atoms with Crippen molar-refractivity contribution in [1.29, 1.82) is 0 Å². The van der Waals surface area contributed by atoms with E-state index >= 15 is 0 Å². The molecule has 0 spiro atoms.